The third-order valence-corrected chi connectivity index (χ3v) is 7.19. The van der Waals surface area contributed by atoms with Gasteiger partial charge in [0.05, 0.1) is 30.0 Å². The highest BCUT2D eigenvalue weighted by Gasteiger charge is 2.28. The Morgan fingerprint density at radius 1 is 1.06 bits per heavy atom. The second-order valence-electron chi connectivity index (χ2n) is 9.37. The number of ether oxygens (including phenoxy) is 1. The molecular weight excluding hydrogens is 436 g/mol. The first-order chi connectivity index (χ1) is 17.2. The highest BCUT2D eigenvalue weighted by Crippen LogP contribution is 2.42. The van der Waals surface area contributed by atoms with E-state index in [1.807, 2.05) is 36.5 Å². The summed E-state index contributed by atoms with van der Waals surface area (Å²) in [4.78, 5) is 11.6. The molecule has 35 heavy (non-hydrogen) atoms. The van der Waals surface area contributed by atoms with Crippen molar-refractivity contribution >= 4 is 22.4 Å². The van der Waals surface area contributed by atoms with Crippen LogP contribution in [0.1, 0.15) is 42.3 Å². The summed E-state index contributed by atoms with van der Waals surface area (Å²) in [7, 11) is 0. The molecule has 1 aliphatic carbocycles. The maximum atomic E-state index is 10.2. The third-order valence-electron chi connectivity index (χ3n) is 7.19. The number of anilines is 2. The van der Waals surface area contributed by atoms with E-state index in [1.54, 1.807) is 0 Å². The largest absolute Gasteiger partial charge is 0.399 e. The van der Waals surface area contributed by atoms with E-state index in [4.69, 9.17) is 15.5 Å². The number of aromatic nitrogens is 3. The number of benzene rings is 2. The van der Waals surface area contributed by atoms with Gasteiger partial charge in [0, 0.05) is 42.8 Å². The lowest BCUT2D eigenvalue weighted by Gasteiger charge is -2.30. The van der Waals surface area contributed by atoms with E-state index in [0.29, 0.717) is 12.5 Å². The van der Waals surface area contributed by atoms with Crippen LogP contribution in [0.4, 0.5) is 11.5 Å². The molecule has 0 amide bonds. The normalized spacial score (nSPS) is 16.3. The molecule has 3 heterocycles. The number of morpholine rings is 1. The van der Waals surface area contributed by atoms with Gasteiger partial charge in [-0.2, -0.15) is 5.26 Å². The monoisotopic (exact) mass is 464 g/mol. The topological polar surface area (TPSA) is 93.0 Å². The van der Waals surface area contributed by atoms with E-state index in [9.17, 15) is 5.26 Å². The Morgan fingerprint density at radius 3 is 2.57 bits per heavy atom. The molecule has 176 valence electrons. The molecule has 0 unspecified atom stereocenters. The van der Waals surface area contributed by atoms with Crippen LogP contribution in [-0.2, 0) is 11.2 Å². The quantitative estimate of drug-likeness (QED) is 0.430. The van der Waals surface area contributed by atoms with Crippen LogP contribution >= 0.6 is 0 Å². The fraction of sp³-hybridized carbons (Fsp3) is 0.321. The summed E-state index contributed by atoms with van der Waals surface area (Å²) < 4.78 is 7.86. The summed E-state index contributed by atoms with van der Waals surface area (Å²) >= 11 is 0. The smallest absolute Gasteiger partial charge is 0.135 e. The summed E-state index contributed by atoms with van der Waals surface area (Å²) in [5.74, 6) is 1.75. The lowest BCUT2D eigenvalue weighted by atomic mass is 9.92. The molecule has 6 rings (SSSR count). The lowest BCUT2D eigenvalue weighted by Crippen LogP contribution is -2.36. The SMILES string of the molecule is N#Cc1c(-c2ccc(N)cc2)n(C2CCC2)c2cc(Cc3nccc(N4CCOCC4)n3)ccc12. The predicted octanol–water partition coefficient (Wildman–Crippen LogP) is 4.70. The molecule has 0 spiro atoms. The molecule has 0 atom stereocenters. The second kappa shape index (κ2) is 9.05. The molecule has 0 bridgehead atoms. The van der Waals surface area contributed by atoms with Crippen LogP contribution in [0.5, 0.6) is 0 Å². The van der Waals surface area contributed by atoms with Crippen LogP contribution in [0.15, 0.2) is 54.7 Å². The minimum Gasteiger partial charge on any atom is -0.399 e. The highest BCUT2D eigenvalue weighted by atomic mass is 16.5. The number of hydrogen-bond donors (Lipinski definition) is 1. The molecule has 2 aromatic carbocycles. The van der Waals surface area contributed by atoms with Crippen molar-refractivity contribution in [2.24, 2.45) is 0 Å². The highest BCUT2D eigenvalue weighted by molar-refractivity contribution is 5.95. The summed E-state index contributed by atoms with van der Waals surface area (Å²) in [5.41, 5.74) is 11.7. The fourth-order valence-electron chi connectivity index (χ4n) is 5.15. The summed E-state index contributed by atoms with van der Waals surface area (Å²) in [6, 6.07) is 19.1. The standard InChI is InChI=1S/C28H28N6O/c29-18-24-23-9-4-19(17-26-31-11-10-27(32-26)33-12-14-35-15-13-33)16-25(23)34(22-2-1-3-22)28(24)20-5-7-21(30)8-6-20/h4-11,16,22H,1-3,12-15,17,30H2. The summed E-state index contributed by atoms with van der Waals surface area (Å²) in [6.07, 6.45) is 5.96. The Kier molecular flexibility index (Phi) is 5.59. The average molecular weight is 465 g/mol. The number of nitrogens with two attached hydrogens (primary N) is 1. The Balaban J connectivity index is 1.41. The number of nitriles is 1. The zero-order chi connectivity index (χ0) is 23.8. The van der Waals surface area contributed by atoms with Crippen molar-refractivity contribution < 1.29 is 4.74 Å². The van der Waals surface area contributed by atoms with E-state index in [2.05, 4.69) is 38.7 Å². The first-order valence-corrected chi connectivity index (χ1v) is 12.3. The van der Waals surface area contributed by atoms with Crippen molar-refractivity contribution in [3.05, 3.63) is 71.7 Å². The molecule has 1 aliphatic heterocycles. The molecule has 7 nitrogen and oxygen atoms in total. The van der Waals surface area contributed by atoms with Gasteiger partial charge in [-0.05, 0) is 54.7 Å². The van der Waals surface area contributed by atoms with E-state index in [1.165, 1.54) is 6.42 Å². The van der Waals surface area contributed by atoms with Gasteiger partial charge in [0.1, 0.15) is 17.7 Å². The third kappa shape index (κ3) is 4.00. The minimum absolute atomic E-state index is 0.406. The van der Waals surface area contributed by atoms with Crippen LogP contribution in [0, 0.1) is 11.3 Å². The van der Waals surface area contributed by atoms with Crippen molar-refractivity contribution in [2.75, 3.05) is 36.9 Å². The van der Waals surface area contributed by atoms with Crippen LogP contribution in [0.3, 0.4) is 0 Å². The van der Waals surface area contributed by atoms with Gasteiger partial charge in [-0.3, -0.25) is 0 Å². The average Bonchev–Trinajstić information content (AvgIpc) is 3.17. The molecule has 1 saturated carbocycles. The van der Waals surface area contributed by atoms with E-state index >= 15 is 0 Å². The van der Waals surface area contributed by atoms with Crippen molar-refractivity contribution in [3.8, 4) is 17.3 Å². The van der Waals surface area contributed by atoms with E-state index < -0.39 is 0 Å². The maximum Gasteiger partial charge on any atom is 0.135 e. The zero-order valence-corrected chi connectivity index (χ0v) is 19.7. The minimum atomic E-state index is 0.406. The molecule has 2 N–H and O–H groups in total. The number of hydrogen-bond acceptors (Lipinski definition) is 6. The van der Waals surface area contributed by atoms with Crippen molar-refractivity contribution in [2.45, 2.75) is 31.7 Å². The van der Waals surface area contributed by atoms with Crippen molar-refractivity contribution in [3.63, 3.8) is 0 Å². The van der Waals surface area contributed by atoms with Crippen molar-refractivity contribution in [1.82, 2.24) is 14.5 Å². The van der Waals surface area contributed by atoms with E-state index in [0.717, 1.165) is 89.8 Å². The molecule has 0 radical (unpaired) electrons. The van der Waals surface area contributed by atoms with Gasteiger partial charge in [-0.25, -0.2) is 9.97 Å². The molecule has 2 aromatic heterocycles. The van der Waals surface area contributed by atoms with Gasteiger partial charge in [0.15, 0.2) is 0 Å². The van der Waals surface area contributed by atoms with Gasteiger partial charge in [-0.1, -0.05) is 24.3 Å². The zero-order valence-electron chi connectivity index (χ0n) is 19.7. The first kappa shape index (κ1) is 21.6. The van der Waals surface area contributed by atoms with E-state index in [-0.39, 0.29) is 0 Å². The molecule has 1 saturated heterocycles. The summed E-state index contributed by atoms with van der Waals surface area (Å²) in [5, 5.41) is 11.2. The Morgan fingerprint density at radius 2 is 1.86 bits per heavy atom. The van der Waals surface area contributed by atoms with Crippen molar-refractivity contribution in [1.29, 1.82) is 5.26 Å². The Bertz CT molecular complexity index is 1410. The van der Waals surface area contributed by atoms with Gasteiger partial charge in [0.25, 0.3) is 0 Å². The number of rotatable bonds is 5. The molecule has 2 aliphatic rings. The Hall–Kier alpha value is -3.89. The van der Waals surface area contributed by atoms with Crippen LogP contribution in [0.25, 0.3) is 22.2 Å². The van der Waals surface area contributed by atoms with Crippen LogP contribution < -0.4 is 10.6 Å². The first-order valence-electron chi connectivity index (χ1n) is 12.3. The number of nitrogen functional groups attached to an aromatic ring is 1. The molecule has 2 fully saturated rings. The Labute approximate surface area is 204 Å². The fourth-order valence-corrected chi connectivity index (χ4v) is 5.15. The van der Waals surface area contributed by atoms with Gasteiger partial charge in [0.2, 0.25) is 0 Å². The molecule has 7 heteroatoms. The molecular formula is C28H28N6O. The number of fused-ring (bicyclic) bond motifs is 1. The van der Waals surface area contributed by atoms with Crippen LogP contribution in [0.2, 0.25) is 0 Å². The van der Waals surface area contributed by atoms with Gasteiger partial charge >= 0.3 is 0 Å². The maximum absolute atomic E-state index is 10.2. The van der Waals surface area contributed by atoms with Gasteiger partial charge < -0.3 is 19.9 Å². The predicted molar refractivity (Wildman–Crippen MR) is 137 cm³/mol. The molecule has 4 aromatic rings. The van der Waals surface area contributed by atoms with Gasteiger partial charge in [-0.15, -0.1) is 0 Å². The summed E-state index contributed by atoms with van der Waals surface area (Å²) in [6.45, 7) is 3.15. The number of nitrogens with zero attached hydrogens (tertiary/aromatic N) is 5. The lowest BCUT2D eigenvalue weighted by molar-refractivity contribution is 0.122. The van der Waals surface area contributed by atoms with Crippen LogP contribution in [-0.4, -0.2) is 40.8 Å². The second-order valence-corrected chi connectivity index (χ2v) is 9.37.